The minimum atomic E-state index is -0.472. The van der Waals surface area contributed by atoms with Crippen molar-refractivity contribution in [1.29, 1.82) is 0 Å². The van der Waals surface area contributed by atoms with Gasteiger partial charge in [-0.15, -0.1) is 0 Å². The van der Waals surface area contributed by atoms with Crippen molar-refractivity contribution >= 4 is 34.2 Å². The first-order valence-electron chi connectivity index (χ1n) is 10.9. The normalized spacial score (nSPS) is 13.8. The van der Waals surface area contributed by atoms with Crippen LogP contribution in [0.15, 0.2) is 79.3 Å². The lowest BCUT2D eigenvalue weighted by atomic mass is 9.98. The molecule has 1 aromatic heterocycles. The minimum Gasteiger partial charge on any atom is -0.354 e. The van der Waals surface area contributed by atoms with E-state index in [9.17, 15) is 14.9 Å². The third-order valence-electron chi connectivity index (χ3n) is 5.84. The van der Waals surface area contributed by atoms with Gasteiger partial charge in [0.15, 0.2) is 0 Å². The Morgan fingerprint density at radius 3 is 2.49 bits per heavy atom. The Balaban J connectivity index is 1.61. The summed E-state index contributed by atoms with van der Waals surface area (Å²) in [5.41, 5.74) is 11.8. The summed E-state index contributed by atoms with van der Waals surface area (Å²) in [6, 6.07) is 19.6. The average Bonchev–Trinajstić information content (AvgIpc) is 3.45. The molecule has 35 heavy (non-hydrogen) atoms. The maximum atomic E-state index is 13.1. The third kappa shape index (κ3) is 4.28. The van der Waals surface area contributed by atoms with Crippen LogP contribution in [0.5, 0.6) is 0 Å². The van der Waals surface area contributed by atoms with E-state index in [2.05, 4.69) is 15.6 Å². The van der Waals surface area contributed by atoms with Gasteiger partial charge < -0.3 is 20.9 Å². The number of aromatic nitrogens is 2. The van der Waals surface area contributed by atoms with Crippen LogP contribution in [0.4, 0.5) is 17.1 Å². The van der Waals surface area contributed by atoms with Crippen LogP contribution in [0.3, 0.4) is 0 Å². The fraction of sp³-hybridized carbons (Fsp3) is 0.0769. The van der Waals surface area contributed by atoms with E-state index in [0.29, 0.717) is 29.1 Å². The number of hydrogen-bond donors (Lipinski definition) is 3. The molecule has 0 bridgehead atoms. The molecule has 1 aliphatic rings. The van der Waals surface area contributed by atoms with Gasteiger partial charge >= 0.3 is 0 Å². The highest BCUT2D eigenvalue weighted by Gasteiger charge is 2.30. The molecule has 174 valence electrons. The van der Waals surface area contributed by atoms with Crippen molar-refractivity contribution in [3.8, 4) is 11.3 Å². The van der Waals surface area contributed by atoms with E-state index >= 15 is 0 Å². The maximum absolute atomic E-state index is 13.1. The second-order valence-corrected chi connectivity index (χ2v) is 8.22. The minimum absolute atomic E-state index is 0.0877. The van der Waals surface area contributed by atoms with Crippen molar-refractivity contribution < 1.29 is 9.72 Å². The van der Waals surface area contributed by atoms with Crippen LogP contribution in [0.2, 0.25) is 0 Å². The molecule has 0 saturated carbocycles. The largest absolute Gasteiger partial charge is 0.354 e. The number of fused-ring (bicyclic) bond motifs is 1. The van der Waals surface area contributed by atoms with Gasteiger partial charge in [-0.05, 0) is 29.3 Å². The molecule has 9 nitrogen and oxygen atoms in total. The summed E-state index contributed by atoms with van der Waals surface area (Å²) in [5, 5.41) is 17.6. The summed E-state index contributed by atoms with van der Waals surface area (Å²) in [4.78, 5) is 28.4. The highest BCUT2D eigenvalue weighted by molar-refractivity contribution is 6.37. The van der Waals surface area contributed by atoms with Gasteiger partial charge in [-0.2, -0.15) is 0 Å². The zero-order valence-corrected chi connectivity index (χ0v) is 18.9. The van der Waals surface area contributed by atoms with Gasteiger partial charge in [0.2, 0.25) is 0 Å². The predicted octanol–water partition coefficient (Wildman–Crippen LogP) is 4.39. The number of hydrogen-bond acceptors (Lipinski definition) is 6. The molecule has 3 aromatic carbocycles. The number of aryl methyl sites for hydroxylation is 1. The van der Waals surface area contributed by atoms with Crippen molar-refractivity contribution in [2.75, 3.05) is 10.6 Å². The van der Waals surface area contributed by atoms with Crippen LogP contribution in [-0.2, 0) is 18.4 Å². The molecule has 0 saturated heterocycles. The summed E-state index contributed by atoms with van der Waals surface area (Å²) >= 11 is 0. The van der Waals surface area contributed by atoms with Gasteiger partial charge in [0, 0.05) is 54.4 Å². The van der Waals surface area contributed by atoms with E-state index in [1.54, 1.807) is 12.4 Å². The molecule has 1 aliphatic heterocycles. The predicted molar refractivity (Wildman–Crippen MR) is 135 cm³/mol. The summed E-state index contributed by atoms with van der Waals surface area (Å²) in [6.45, 7) is 0.393. The zero-order valence-electron chi connectivity index (χ0n) is 18.9. The molecule has 5 rings (SSSR count). The topological polar surface area (TPSA) is 128 Å². The van der Waals surface area contributed by atoms with E-state index in [1.165, 1.54) is 12.1 Å². The monoisotopic (exact) mass is 466 g/mol. The Hall–Kier alpha value is -4.76. The number of rotatable bonds is 6. The van der Waals surface area contributed by atoms with Gasteiger partial charge in [0.05, 0.1) is 28.2 Å². The number of anilines is 2. The molecule has 4 aromatic rings. The van der Waals surface area contributed by atoms with Crippen LogP contribution in [-0.4, -0.2) is 20.4 Å². The smallest absolute Gasteiger partial charge is 0.270 e. The van der Waals surface area contributed by atoms with E-state index in [-0.39, 0.29) is 11.6 Å². The second-order valence-electron chi connectivity index (χ2n) is 8.22. The molecule has 4 N–H and O–H groups in total. The lowest BCUT2D eigenvalue weighted by Gasteiger charge is -2.15. The number of nitrogens with zero attached hydrogens (tertiary/aromatic N) is 3. The summed E-state index contributed by atoms with van der Waals surface area (Å²) < 4.78 is 1.88. The molecule has 0 atom stereocenters. The first-order chi connectivity index (χ1) is 16.9. The zero-order chi connectivity index (χ0) is 24.5. The molecule has 2 heterocycles. The highest BCUT2D eigenvalue weighted by Crippen LogP contribution is 2.39. The Bertz CT molecular complexity index is 1470. The van der Waals surface area contributed by atoms with Crippen molar-refractivity contribution in [1.82, 2.24) is 9.55 Å². The SMILES string of the molecule is Cn1cnc(-c2ccc(N/C(=C3\C(=O)Nc4ccc([N+](=O)[O-])cc43)c3ccc(CN)cc3)cc2)c1. The lowest BCUT2D eigenvalue weighted by molar-refractivity contribution is -0.384. The van der Waals surface area contributed by atoms with E-state index in [1.807, 2.05) is 66.3 Å². The summed E-state index contributed by atoms with van der Waals surface area (Å²) in [7, 11) is 1.91. The van der Waals surface area contributed by atoms with Crippen LogP contribution in [0.1, 0.15) is 16.7 Å². The van der Waals surface area contributed by atoms with Crippen molar-refractivity contribution in [3.63, 3.8) is 0 Å². The maximum Gasteiger partial charge on any atom is 0.270 e. The Morgan fingerprint density at radius 1 is 1.11 bits per heavy atom. The molecule has 0 aliphatic carbocycles. The lowest BCUT2D eigenvalue weighted by Crippen LogP contribution is -2.10. The molecule has 0 fully saturated rings. The number of nitro benzene ring substituents is 1. The fourth-order valence-electron chi connectivity index (χ4n) is 4.03. The van der Waals surface area contributed by atoms with Crippen LogP contribution in [0, 0.1) is 10.1 Å². The number of nitrogens with one attached hydrogen (secondary N) is 2. The highest BCUT2D eigenvalue weighted by atomic mass is 16.6. The molecular formula is C26H22N6O3. The van der Waals surface area contributed by atoms with Gasteiger partial charge in [0.25, 0.3) is 11.6 Å². The van der Waals surface area contributed by atoms with Crippen molar-refractivity contribution in [2.24, 2.45) is 12.8 Å². The quantitative estimate of drug-likeness (QED) is 0.220. The number of nitrogens with two attached hydrogens (primary N) is 1. The van der Waals surface area contributed by atoms with E-state index in [4.69, 9.17) is 5.73 Å². The van der Waals surface area contributed by atoms with Gasteiger partial charge in [-0.3, -0.25) is 14.9 Å². The van der Waals surface area contributed by atoms with Crippen molar-refractivity contribution in [3.05, 3.63) is 106 Å². The first kappa shape index (κ1) is 22.1. The molecule has 0 radical (unpaired) electrons. The molecule has 1 amide bonds. The molecule has 0 unspecified atom stereocenters. The number of amides is 1. The average molecular weight is 467 g/mol. The first-order valence-corrected chi connectivity index (χ1v) is 10.9. The van der Waals surface area contributed by atoms with E-state index in [0.717, 1.165) is 28.1 Å². The standard InChI is InChI=1S/C26H22N6O3/c1-31-14-23(28-15-31)17-6-8-19(9-7-17)29-25(18-4-2-16(13-27)3-5-18)24-21-12-20(32(34)35)10-11-22(21)30-26(24)33/h2-12,14-15,29H,13,27H2,1H3,(H,30,33)/b25-24-. The number of non-ortho nitro benzene ring substituents is 1. The Kier molecular flexibility index (Phi) is 5.60. The fourth-order valence-corrected chi connectivity index (χ4v) is 4.03. The van der Waals surface area contributed by atoms with Crippen molar-refractivity contribution in [2.45, 2.75) is 6.54 Å². The summed E-state index contributed by atoms with van der Waals surface area (Å²) in [6.07, 6.45) is 3.67. The van der Waals surface area contributed by atoms with Gasteiger partial charge in [-0.25, -0.2) is 4.98 Å². The van der Waals surface area contributed by atoms with Crippen LogP contribution >= 0.6 is 0 Å². The number of benzene rings is 3. The summed E-state index contributed by atoms with van der Waals surface area (Å²) in [5.74, 6) is -0.337. The molecular weight excluding hydrogens is 444 g/mol. The van der Waals surface area contributed by atoms with Gasteiger partial charge in [0.1, 0.15) is 0 Å². The molecule has 9 heteroatoms. The van der Waals surface area contributed by atoms with Gasteiger partial charge in [-0.1, -0.05) is 36.4 Å². The van der Waals surface area contributed by atoms with Crippen LogP contribution in [0.25, 0.3) is 22.5 Å². The number of carbonyl (C=O) groups is 1. The third-order valence-corrected chi connectivity index (χ3v) is 5.84. The second kappa shape index (κ2) is 8.88. The Labute approximate surface area is 201 Å². The number of carbonyl (C=O) groups excluding carboxylic acids is 1. The molecule has 0 spiro atoms. The van der Waals surface area contributed by atoms with E-state index < -0.39 is 4.92 Å². The Morgan fingerprint density at radius 2 is 1.86 bits per heavy atom. The number of imidazole rings is 1. The number of nitro groups is 1. The van der Waals surface area contributed by atoms with Crippen LogP contribution < -0.4 is 16.4 Å².